The van der Waals surface area contributed by atoms with E-state index in [1.54, 1.807) is 13.3 Å². The number of rotatable bonds is 14. The van der Waals surface area contributed by atoms with E-state index in [2.05, 4.69) is 50.0 Å². The molecule has 0 unspecified atom stereocenters. The highest BCUT2D eigenvalue weighted by Gasteiger charge is 2.41. The largest absolute Gasteiger partial charge is 0.413 e. The third kappa shape index (κ3) is 12.5. The predicted molar refractivity (Wildman–Crippen MR) is 131 cm³/mol. The van der Waals surface area contributed by atoms with Crippen molar-refractivity contribution in [1.29, 1.82) is 0 Å². The monoisotopic (exact) mass is 455 g/mol. The molecule has 0 fully saturated rings. The highest BCUT2D eigenvalue weighted by molar-refractivity contribution is 7.63. The van der Waals surface area contributed by atoms with Gasteiger partial charge in [-0.15, -0.1) is 0 Å². The van der Waals surface area contributed by atoms with Gasteiger partial charge < -0.3 is 8.99 Å². The van der Waals surface area contributed by atoms with Crippen LogP contribution in [0.1, 0.15) is 53.4 Å². The van der Waals surface area contributed by atoms with E-state index in [1.807, 2.05) is 25.2 Å². The zero-order valence-corrected chi connectivity index (χ0v) is 22.1. The molecule has 0 aromatic carbocycles. The lowest BCUT2D eigenvalue weighted by Crippen LogP contribution is -2.46. The maximum Gasteiger partial charge on any atom is 0.192 e. The molecule has 0 heterocycles. The van der Waals surface area contributed by atoms with Crippen molar-refractivity contribution in [3.8, 4) is 0 Å². The Labute approximate surface area is 184 Å². The molecule has 0 aliphatic heterocycles. The SMILES string of the molecule is C/C=C\C=C\[C@@H](CCCCN=[N+]=[N-])[C@H](CC(=O)CP(C)(C)=O)O[Si](C)(C)C(C)(C)C. The summed E-state index contributed by atoms with van der Waals surface area (Å²) in [6.07, 6.45) is 10.8. The number of hydrogen-bond acceptors (Lipinski definition) is 4. The van der Waals surface area contributed by atoms with Gasteiger partial charge >= 0.3 is 0 Å². The van der Waals surface area contributed by atoms with Gasteiger partial charge in [-0.25, -0.2) is 0 Å². The van der Waals surface area contributed by atoms with Crippen molar-refractivity contribution < 1.29 is 13.8 Å². The molecule has 8 heteroatoms. The fraction of sp³-hybridized carbons (Fsp3) is 0.773. The Balaban J connectivity index is 5.69. The highest BCUT2D eigenvalue weighted by Crippen LogP contribution is 2.40. The van der Waals surface area contributed by atoms with Gasteiger partial charge in [-0.05, 0) is 56.8 Å². The van der Waals surface area contributed by atoms with Crippen LogP contribution in [0, 0.1) is 5.92 Å². The average molecular weight is 456 g/mol. The molecule has 30 heavy (non-hydrogen) atoms. The Morgan fingerprint density at radius 3 is 2.37 bits per heavy atom. The molecule has 0 saturated heterocycles. The molecule has 0 aliphatic carbocycles. The van der Waals surface area contributed by atoms with Gasteiger partial charge in [0.2, 0.25) is 0 Å². The summed E-state index contributed by atoms with van der Waals surface area (Å²) in [7, 11) is -4.52. The van der Waals surface area contributed by atoms with Crippen molar-refractivity contribution in [1.82, 2.24) is 0 Å². The standard InChI is InChI=1S/C22H42N3O3PSi/c1-9-10-11-14-19(15-12-13-16-24-25-23)21(17-20(26)18-29(5,6)27)28-30(7,8)22(2,3)4/h9-11,14,19,21H,12-13,15-18H2,1-8H3/b10-9-,14-11+/t19-,21-/m0/s1. The molecule has 0 rings (SSSR count). The highest BCUT2D eigenvalue weighted by atomic mass is 31.2. The average Bonchev–Trinajstić information content (AvgIpc) is 2.56. The minimum absolute atomic E-state index is 0.00515. The van der Waals surface area contributed by atoms with Gasteiger partial charge in [0.1, 0.15) is 5.78 Å². The number of allylic oxidation sites excluding steroid dienone is 3. The summed E-state index contributed by atoms with van der Waals surface area (Å²) in [6.45, 7) is 16.7. The van der Waals surface area contributed by atoms with E-state index in [0.29, 0.717) is 6.54 Å². The molecule has 0 saturated carbocycles. The number of carbonyl (C=O) groups is 1. The summed E-state index contributed by atoms with van der Waals surface area (Å²) in [5.74, 6) is 0.0731. The second-order valence-corrected chi connectivity index (χ2v) is 18.1. The predicted octanol–water partition coefficient (Wildman–Crippen LogP) is 7.19. The summed E-state index contributed by atoms with van der Waals surface area (Å²) < 4.78 is 18.9. The molecule has 0 amide bonds. The van der Waals surface area contributed by atoms with E-state index >= 15 is 0 Å². The van der Waals surface area contributed by atoms with Crippen molar-refractivity contribution in [2.45, 2.75) is 77.6 Å². The van der Waals surface area contributed by atoms with Gasteiger partial charge in [0.05, 0.1) is 19.4 Å². The van der Waals surface area contributed by atoms with Gasteiger partial charge in [-0.1, -0.05) is 56.6 Å². The van der Waals surface area contributed by atoms with E-state index in [9.17, 15) is 9.36 Å². The minimum Gasteiger partial charge on any atom is -0.413 e. The van der Waals surface area contributed by atoms with Crippen LogP contribution in [-0.2, 0) is 13.8 Å². The van der Waals surface area contributed by atoms with Gasteiger partial charge in [-0.2, -0.15) is 0 Å². The second-order valence-electron chi connectivity index (χ2n) is 9.92. The van der Waals surface area contributed by atoms with Gasteiger partial charge in [-0.3, -0.25) is 4.79 Å². The maximum atomic E-state index is 12.7. The lowest BCUT2D eigenvalue weighted by Gasteiger charge is -2.41. The molecule has 6 nitrogen and oxygen atoms in total. The van der Waals surface area contributed by atoms with Crippen molar-refractivity contribution >= 4 is 21.2 Å². The van der Waals surface area contributed by atoms with Crippen LogP contribution in [0.3, 0.4) is 0 Å². The fourth-order valence-corrected chi connectivity index (χ4v) is 5.23. The molecule has 2 atom stereocenters. The van der Waals surface area contributed by atoms with Gasteiger partial charge in [0.15, 0.2) is 8.32 Å². The maximum absolute atomic E-state index is 12.7. The van der Waals surface area contributed by atoms with E-state index in [1.165, 1.54) is 0 Å². The Morgan fingerprint density at radius 2 is 1.87 bits per heavy atom. The summed E-state index contributed by atoms with van der Waals surface area (Å²) >= 11 is 0. The molecule has 172 valence electrons. The topological polar surface area (TPSA) is 92.1 Å². The zero-order valence-electron chi connectivity index (χ0n) is 20.2. The van der Waals surface area contributed by atoms with Gasteiger partial charge in [0, 0.05) is 23.8 Å². The molecule has 0 radical (unpaired) electrons. The summed E-state index contributed by atoms with van der Waals surface area (Å²) in [4.78, 5) is 15.5. The van der Waals surface area contributed by atoms with Crippen LogP contribution in [0.2, 0.25) is 18.1 Å². The summed E-state index contributed by atoms with van der Waals surface area (Å²) in [5, 5.41) is 3.64. The third-order valence-electron chi connectivity index (χ3n) is 5.49. The molecule has 0 aromatic rings. The Bertz CT molecular complexity index is 686. The van der Waals surface area contributed by atoms with Crippen LogP contribution in [-0.4, -0.2) is 46.2 Å². The molecular weight excluding hydrogens is 413 g/mol. The zero-order chi connectivity index (χ0) is 23.4. The smallest absolute Gasteiger partial charge is 0.192 e. The molecule has 0 spiro atoms. The van der Waals surface area contributed by atoms with Crippen LogP contribution >= 0.6 is 7.14 Å². The number of unbranched alkanes of at least 4 members (excludes halogenated alkanes) is 1. The van der Waals surface area contributed by atoms with E-state index in [4.69, 9.17) is 9.96 Å². The second kappa shape index (κ2) is 13.3. The Hall–Kier alpha value is -1.13. The lowest BCUT2D eigenvalue weighted by molar-refractivity contribution is -0.118. The Kier molecular flexibility index (Phi) is 12.8. The van der Waals surface area contributed by atoms with Crippen molar-refractivity contribution in [2.75, 3.05) is 26.0 Å². The number of ketones is 1. The van der Waals surface area contributed by atoms with Crippen molar-refractivity contribution in [3.63, 3.8) is 0 Å². The van der Waals surface area contributed by atoms with Crippen molar-refractivity contribution in [2.24, 2.45) is 11.0 Å². The summed E-state index contributed by atoms with van der Waals surface area (Å²) in [6, 6.07) is 0. The summed E-state index contributed by atoms with van der Waals surface area (Å²) in [5.41, 5.74) is 8.47. The molecule has 0 N–H and O–H groups in total. The van der Waals surface area contributed by atoms with Crippen LogP contribution < -0.4 is 0 Å². The van der Waals surface area contributed by atoms with Crippen LogP contribution in [0.4, 0.5) is 0 Å². The first-order valence-corrected chi connectivity index (χ1v) is 16.5. The molecule has 0 aromatic heterocycles. The number of hydrogen-bond donors (Lipinski definition) is 0. The number of carbonyl (C=O) groups excluding carboxylic acids is 1. The minimum atomic E-state index is -2.42. The molecule has 0 bridgehead atoms. The van der Waals surface area contributed by atoms with Crippen LogP contribution in [0.25, 0.3) is 10.4 Å². The number of nitrogens with zero attached hydrogens (tertiary/aromatic N) is 3. The van der Waals surface area contributed by atoms with E-state index < -0.39 is 15.5 Å². The van der Waals surface area contributed by atoms with Crippen LogP contribution in [0.15, 0.2) is 29.4 Å². The van der Waals surface area contributed by atoms with E-state index in [-0.39, 0.29) is 35.4 Å². The third-order valence-corrected chi connectivity index (χ3v) is 11.1. The molecule has 0 aliphatic rings. The first kappa shape index (κ1) is 28.9. The normalized spacial score (nSPS) is 15.3. The first-order valence-electron chi connectivity index (χ1n) is 10.8. The van der Waals surface area contributed by atoms with Gasteiger partial charge in [0.25, 0.3) is 0 Å². The van der Waals surface area contributed by atoms with Crippen molar-refractivity contribution in [3.05, 3.63) is 34.7 Å². The van der Waals surface area contributed by atoms with Crippen LogP contribution in [0.5, 0.6) is 0 Å². The fourth-order valence-electron chi connectivity index (χ4n) is 2.88. The van der Waals surface area contributed by atoms with E-state index in [0.717, 1.165) is 19.3 Å². The first-order chi connectivity index (χ1) is 13.7. The lowest BCUT2D eigenvalue weighted by atomic mass is 9.92. The quantitative estimate of drug-likeness (QED) is 0.0527. The number of azide groups is 1. The Morgan fingerprint density at radius 1 is 1.23 bits per heavy atom. The number of Topliss-reactive ketones (excluding diaryl/α,β-unsaturated/α-hetero) is 1. The molecular formula is C22H42N3O3PSi.